The van der Waals surface area contributed by atoms with Crippen LogP contribution < -0.4 is 0 Å². The maximum atomic E-state index is 11.5. The van der Waals surface area contributed by atoms with E-state index in [1.54, 1.807) is 0 Å². The molecule has 0 atom stereocenters. The zero-order valence-electron chi connectivity index (χ0n) is 5.15. The second-order valence-electron chi connectivity index (χ2n) is 2.00. The summed E-state index contributed by atoms with van der Waals surface area (Å²) in [6.45, 7) is -0.130. The second kappa shape index (κ2) is 2.43. The Kier molecular flexibility index (Phi) is 2.40. The van der Waals surface area contributed by atoms with E-state index < -0.39 is 17.2 Å². The summed E-state index contributed by atoms with van der Waals surface area (Å²) in [5.74, 6) is 0. The lowest BCUT2D eigenvalue weighted by molar-refractivity contribution is -0.262. The molecule has 0 spiro atoms. The maximum absolute atomic E-state index is 11.5. The van der Waals surface area contributed by atoms with Crippen LogP contribution in [-0.4, -0.2) is 17.2 Å². The molecule has 11 heavy (non-hydrogen) atoms. The highest BCUT2D eigenvalue weighted by Gasteiger charge is 2.66. The van der Waals surface area contributed by atoms with Gasteiger partial charge in [0.25, 0.3) is 0 Å². The molecule has 0 nitrogen and oxygen atoms in total. The van der Waals surface area contributed by atoms with Crippen LogP contribution in [0, 0.1) is 0 Å². The van der Waals surface area contributed by atoms with Crippen molar-refractivity contribution in [1.82, 2.24) is 0 Å². The molecule has 0 aromatic carbocycles. The zero-order chi connectivity index (χ0) is 9.50. The summed E-state index contributed by atoms with van der Waals surface area (Å²) in [6.07, 6.45) is -11.0. The lowest BCUT2D eigenvalue weighted by Gasteiger charge is -2.27. The van der Waals surface area contributed by atoms with Gasteiger partial charge in [-0.2, -0.15) is 26.3 Å². The molecule has 0 heterocycles. The molecule has 0 aliphatic heterocycles. The minimum absolute atomic E-state index is 0.130. The predicted molar refractivity (Wildman–Crippen MR) is 26.4 cm³/mol. The summed E-state index contributed by atoms with van der Waals surface area (Å²) in [6, 6.07) is 0. The minimum Gasteiger partial charge on any atom is -0.169 e. The molecule has 68 valence electrons. The van der Waals surface area contributed by atoms with Crippen molar-refractivity contribution in [2.45, 2.75) is 24.2 Å². The molecule has 0 aliphatic rings. The molecule has 0 saturated carbocycles. The summed E-state index contributed by atoms with van der Waals surface area (Å²) in [5, 5.41) is 0. The van der Waals surface area contributed by atoms with Crippen LogP contribution in [0.3, 0.4) is 0 Å². The number of alkyl halides is 7. The van der Waals surface area contributed by atoms with E-state index in [4.69, 9.17) is 0 Å². The fraction of sp³-hybridized carbons (Fsp3) is 1.00. The Morgan fingerprint density at radius 3 is 1.00 bits per heavy atom. The smallest absolute Gasteiger partial charge is 0.169 e. The third-order valence-electron chi connectivity index (χ3n) is 1.06. The van der Waals surface area contributed by atoms with E-state index in [0.29, 0.717) is 0 Å². The van der Waals surface area contributed by atoms with Crippen molar-refractivity contribution in [3.05, 3.63) is 0 Å². The van der Waals surface area contributed by atoms with Crippen molar-refractivity contribution in [2.24, 2.45) is 0 Å². The van der Waals surface area contributed by atoms with Crippen molar-refractivity contribution in [1.29, 1.82) is 0 Å². The van der Waals surface area contributed by atoms with E-state index in [-0.39, 0.29) is 6.92 Å². The van der Waals surface area contributed by atoms with Gasteiger partial charge in [-0.1, -0.05) is 11.6 Å². The van der Waals surface area contributed by atoms with Crippen LogP contribution in [0.25, 0.3) is 0 Å². The van der Waals surface area contributed by atoms with Gasteiger partial charge in [0, 0.05) is 0 Å². The van der Waals surface area contributed by atoms with E-state index in [0.717, 1.165) is 0 Å². The largest absolute Gasteiger partial charge is 0.416 e. The molecule has 7 heteroatoms. The first-order chi connectivity index (χ1) is 4.50. The van der Waals surface area contributed by atoms with Gasteiger partial charge >= 0.3 is 12.4 Å². The standard InChI is InChI=1S/C4H3ClF6/c1-2(5,3(6,7)8)4(9,10)11/h1H3. The first-order valence-electron chi connectivity index (χ1n) is 2.32. The quantitative estimate of drug-likeness (QED) is 0.416. The van der Waals surface area contributed by atoms with Gasteiger partial charge in [0.15, 0.2) is 0 Å². The Bertz CT molecular complexity index is 126. The van der Waals surface area contributed by atoms with Crippen LogP contribution in [-0.2, 0) is 0 Å². The highest BCUT2D eigenvalue weighted by atomic mass is 35.5. The Balaban J connectivity index is 4.75. The Hall–Kier alpha value is -0.130. The van der Waals surface area contributed by atoms with Gasteiger partial charge in [-0.15, -0.1) is 0 Å². The summed E-state index contributed by atoms with van der Waals surface area (Å²) in [7, 11) is 0. The van der Waals surface area contributed by atoms with Gasteiger partial charge in [-0.05, 0) is 6.92 Å². The minimum atomic E-state index is -5.48. The normalized spacial score (nSPS) is 15.3. The van der Waals surface area contributed by atoms with Crippen molar-refractivity contribution >= 4 is 11.6 Å². The number of hydrogen-bond donors (Lipinski definition) is 0. The fourth-order valence-corrected chi connectivity index (χ4v) is 0.161. The molecule has 0 saturated heterocycles. The summed E-state index contributed by atoms with van der Waals surface area (Å²) >= 11 is 4.24. The van der Waals surface area contributed by atoms with Crippen LogP contribution >= 0.6 is 11.6 Å². The van der Waals surface area contributed by atoms with Crippen LogP contribution in [0.1, 0.15) is 6.92 Å². The van der Waals surface area contributed by atoms with Crippen LogP contribution in [0.2, 0.25) is 0 Å². The molecular formula is C4H3ClF6. The van der Waals surface area contributed by atoms with Crippen molar-refractivity contribution in [2.75, 3.05) is 0 Å². The van der Waals surface area contributed by atoms with Crippen molar-refractivity contribution in [3.8, 4) is 0 Å². The first-order valence-corrected chi connectivity index (χ1v) is 2.70. The molecule has 0 amide bonds. The Labute approximate surface area is 63.1 Å². The van der Waals surface area contributed by atoms with E-state index in [2.05, 4.69) is 11.6 Å². The van der Waals surface area contributed by atoms with Gasteiger partial charge in [0.05, 0.1) is 0 Å². The lowest BCUT2D eigenvalue weighted by Crippen LogP contribution is -2.49. The average molecular weight is 201 g/mol. The molecule has 0 N–H and O–H groups in total. The third kappa shape index (κ3) is 1.91. The van der Waals surface area contributed by atoms with Gasteiger partial charge in [0.1, 0.15) is 0 Å². The zero-order valence-corrected chi connectivity index (χ0v) is 5.90. The van der Waals surface area contributed by atoms with Gasteiger partial charge < -0.3 is 0 Å². The van der Waals surface area contributed by atoms with E-state index >= 15 is 0 Å². The van der Waals surface area contributed by atoms with E-state index in [1.165, 1.54) is 0 Å². The highest BCUT2D eigenvalue weighted by Crippen LogP contribution is 2.47. The van der Waals surface area contributed by atoms with Gasteiger partial charge in [0.2, 0.25) is 4.87 Å². The molecule has 0 fully saturated rings. The first kappa shape index (κ1) is 10.9. The van der Waals surface area contributed by atoms with Crippen molar-refractivity contribution in [3.63, 3.8) is 0 Å². The highest BCUT2D eigenvalue weighted by molar-refractivity contribution is 6.24. The fourth-order valence-electron chi connectivity index (χ4n) is 0.161. The Morgan fingerprint density at radius 1 is 0.818 bits per heavy atom. The van der Waals surface area contributed by atoms with E-state index in [1.807, 2.05) is 0 Å². The third-order valence-corrected chi connectivity index (χ3v) is 1.49. The van der Waals surface area contributed by atoms with Gasteiger partial charge in [-0.25, -0.2) is 0 Å². The van der Waals surface area contributed by atoms with E-state index in [9.17, 15) is 26.3 Å². The Morgan fingerprint density at radius 2 is 1.00 bits per heavy atom. The monoisotopic (exact) mass is 200 g/mol. The average Bonchev–Trinajstić information content (AvgIpc) is 1.58. The molecule has 0 aliphatic carbocycles. The molecule has 0 unspecified atom stereocenters. The number of hydrogen-bond acceptors (Lipinski definition) is 0. The number of rotatable bonds is 0. The van der Waals surface area contributed by atoms with Crippen LogP contribution in [0.4, 0.5) is 26.3 Å². The van der Waals surface area contributed by atoms with Crippen LogP contribution in [0.15, 0.2) is 0 Å². The summed E-state index contributed by atoms with van der Waals surface area (Å²) < 4.78 is 68.9. The maximum Gasteiger partial charge on any atom is 0.416 e. The van der Waals surface area contributed by atoms with Gasteiger partial charge in [-0.3, -0.25) is 0 Å². The topological polar surface area (TPSA) is 0 Å². The predicted octanol–water partition coefficient (Wildman–Crippen LogP) is 3.11. The molecule has 0 aromatic rings. The molecular weight excluding hydrogens is 197 g/mol. The lowest BCUT2D eigenvalue weighted by atomic mass is 10.1. The SMILES string of the molecule is CC(Cl)(C(F)(F)F)C(F)(F)F. The summed E-state index contributed by atoms with van der Waals surface area (Å²) in [5.41, 5.74) is 0. The number of halogens is 7. The summed E-state index contributed by atoms with van der Waals surface area (Å²) in [4.78, 5) is -4.15. The molecule has 0 rings (SSSR count). The van der Waals surface area contributed by atoms with Crippen LogP contribution in [0.5, 0.6) is 0 Å². The second-order valence-corrected chi connectivity index (χ2v) is 2.75. The molecule has 0 aromatic heterocycles. The molecule has 0 bridgehead atoms. The van der Waals surface area contributed by atoms with Crippen molar-refractivity contribution < 1.29 is 26.3 Å². The molecule has 0 radical (unpaired) electrons.